The number of nitrogens with one attached hydrogen (secondary N) is 1. The molecule has 1 heterocycles. The number of rotatable bonds is 5. The lowest BCUT2D eigenvalue weighted by Crippen LogP contribution is -2.11. The Bertz CT molecular complexity index is 767. The number of hydrogen-bond donors (Lipinski definition) is 1. The number of halogens is 1. The average Bonchev–Trinajstić information content (AvgIpc) is 3.00. The third-order valence-electron chi connectivity index (χ3n) is 3.79. The normalized spacial score (nSPS) is 11.0. The molecule has 0 aliphatic heterocycles. The minimum Gasteiger partial charge on any atom is -0.465 e. The van der Waals surface area contributed by atoms with Gasteiger partial charge in [-0.2, -0.15) is 0 Å². The molecule has 0 unspecified atom stereocenters. The molecule has 134 valence electrons. The zero-order chi connectivity index (χ0) is 18.7. The molecule has 0 aliphatic rings. The predicted octanol–water partition coefficient (Wildman–Crippen LogP) is 5.22. The van der Waals surface area contributed by atoms with Crippen molar-refractivity contribution in [2.75, 3.05) is 12.4 Å². The molecule has 0 fully saturated rings. The van der Waals surface area contributed by atoms with E-state index in [2.05, 4.69) is 23.9 Å². The molecule has 2 aromatic rings. The van der Waals surface area contributed by atoms with Crippen LogP contribution in [0.15, 0.2) is 28.7 Å². The molecule has 0 aliphatic carbocycles. The molecule has 0 saturated carbocycles. The van der Waals surface area contributed by atoms with E-state index in [1.807, 2.05) is 13.8 Å². The van der Waals surface area contributed by atoms with Crippen molar-refractivity contribution in [1.82, 2.24) is 0 Å². The first-order chi connectivity index (χ1) is 11.7. The number of furan rings is 1. The molecule has 1 N–H and O–H groups in total. The third kappa shape index (κ3) is 4.23. The number of methoxy groups -OCH3 is 1. The molecule has 0 saturated heterocycles. The molecule has 0 radical (unpaired) electrons. The summed E-state index contributed by atoms with van der Waals surface area (Å²) in [5.74, 6) is 0.622. The summed E-state index contributed by atoms with van der Waals surface area (Å²) >= 11 is 6.07. The second kappa shape index (κ2) is 7.74. The largest absolute Gasteiger partial charge is 0.465 e. The van der Waals surface area contributed by atoms with Crippen molar-refractivity contribution in [2.24, 2.45) is 0 Å². The van der Waals surface area contributed by atoms with Crippen LogP contribution in [-0.4, -0.2) is 19.0 Å². The third-order valence-corrected chi connectivity index (χ3v) is 4.11. The van der Waals surface area contributed by atoms with E-state index in [-0.39, 0.29) is 34.1 Å². The molecule has 25 heavy (non-hydrogen) atoms. The highest BCUT2D eigenvalue weighted by molar-refractivity contribution is 6.34. The highest BCUT2D eigenvalue weighted by Gasteiger charge is 2.21. The zero-order valence-corrected chi connectivity index (χ0v) is 15.7. The molecule has 2 rings (SSSR count). The summed E-state index contributed by atoms with van der Waals surface area (Å²) in [5, 5.41) is 2.94. The van der Waals surface area contributed by atoms with Crippen molar-refractivity contribution >= 4 is 29.2 Å². The quantitative estimate of drug-likeness (QED) is 0.739. The lowest BCUT2D eigenvalue weighted by atomic mass is 9.98. The number of amides is 1. The fourth-order valence-corrected chi connectivity index (χ4v) is 2.75. The Balaban J connectivity index is 2.24. The number of ether oxygens (including phenoxy) is 1. The van der Waals surface area contributed by atoms with Gasteiger partial charge in [-0.05, 0) is 35.7 Å². The number of hydrogen-bond acceptors (Lipinski definition) is 4. The zero-order valence-electron chi connectivity index (χ0n) is 15.0. The molecule has 6 heteroatoms. The summed E-state index contributed by atoms with van der Waals surface area (Å²) in [6, 6.07) is 6.37. The summed E-state index contributed by atoms with van der Waals surface area (Å²) < 4.78 is 10.4. The van der Waals surface area contributed by atoms with Gasteiger partial charge in [-0.25, -0.2) is 4.79 Å². The Kier molecular flexibility index (Phi) is 5.90. The molecule has 1 amide bonds. The number of carbonyl (C=O) groups excluding carboxylic acids is 2. The van der Waals surface area contributed by atoms with E-state index < -0.39 is 5.97 Å². The molecule has 1 aromatic carbocycles. The van der Waals surface area contributed by atoms with E-state index in [0.29, 0.717) is 5.69 Å². The Labute approximate surface area is 152 Å². The van der Waals surface area contributed by atoms with Gasteiger partial charge in [0.15, 0.2) is 5.76 Å². The van der Waals surface area contributed by atoms with Gasteiger partial charge >= 0.3 is 5.97 Å². The second-order valence-electron chi connectivity index (χ2n) is 6.38. The molecule has 0 bridgehead atoms. The Morgan fingerprint density at radius 1 is 1.12 bits per heavy atom. The van der Waals surface area contributed by atoms with Gasteiger partial charge in [-0.3, -0.25) is 4.79 Å². The first-order valence-corrected chi connectivity index (χ1v) is 8.45. The van der Waals surface area contributed by atoms with Gasteiger partial charge in [0, 0.05) is 11.6 Å². The molecular weight excluding hydrogens is 342 g/mol. The number of esters is 1. The smallest absolute Gasteiger partial charge is 0.339 e. The van der Waals surface area contributed by atoms with Crippen molar-refractivity contribution in [3.8, 4) is 0 Å². The van der Waals surface area contributed by atoms with Crippen molar-refractivity contribution in [1.29, 1.82) is 0 Å². The summed E-state index contributed by atoms with van der Waals surface area (Å²) in [6.07, 6.45) is 0. The van der Waals surface area contributed by atoms with Crippen LogP contribution in [0.5, 0.6) is 0 Å². The second-order valence-corrected chi connectivity index (χ2v) is 6.79. The molecule has 5 nitrogen and oxygen atoms in total. The molecular formula is C19H22ClNO4. The van der Waals surface area contributed by atoms with Crippen molar-refractivity contribution in [3.63, 3.8) is 0 Å². The van der Waals surface area contributed by atoms with Gasteiger partial charge in [0.1, 0.15) is 5.76 Å². The standard InChI is InChI=1S/C19H22ClNO4/c1-10(2)14-9-16(25-17(14)11(3)4)18(22)21-12-6-7-13(15(20)8-12)19(23)24-5/h6-11H,1-5H3,(H,21,22). The summed E-state index contributed by atoms with van der Waals surface area (Å²) in [6.45, 7) is 8.17. The van der Waals surface area contributed by atoms with Crippen molar-refractivity contribution in [3.05, 3.63) is 51.9 Å². The van der Waals surface area contributed by atoms with E-state index in [4.69, 9.17) is 16.0 Å². The number of benzene rings is 1. The van der Waals surface area contributed by atoms with Crippen molar-refractivity contribution in [2.45, 2.75) is 39.5 Å². The van der Waals surface area contributed by atoms with E-state index in [0.717, 1.165) is 11.3 Å². The van der Waals surface area contributed by atoms with E-state index in [9.17, 15) is 9.59 Å². The van der Waals surface area contributed by atoms with Crippen LogP contribution in [0.25, 0.3) is 0 Å². The highest BCUT2D eigenvalue weighted by Crippen LogP contribution is 2.30. The van der Waals surface area contributed by atoms with Crippen LogP contribution < -0.4 is 5.32 Å². The molecule has 0 atom stereocenters. The summed E-state index contributed by atoms with van der Waals surface area (Å²) in [7, 11) is 1.28. The number of anilines is 1. The first kappa shape index (κ1) is 19.1. The van der Waals surface area contributed by atoms with Crippen LogP contribution in [-0.2, 0) is 4.74 Å². The van der Waals surface area contributed by atoms with Gasteiger partial charge in [0.25, 0.3) is 5.91 Å². The maximum Gasteiger partial charge on any atom is 0.339 e. The average molecular weight is 364 g/mol. The topological polar surface area (TPSA) is 68.5 Å². The SMILES string of the molecule is COC(=O)c1ccc(NC(=O)c2cc(C(C)C)c(C(C)C)o2)cc1Cl. The van der Waals surface area contributed by atoms with Crippen LogP contribution >= 0.6 is 11.6 Å². The van der Waals surface area contributed by atoms with Crippen LogP contribution in [0.1, 0.15) is 71.8 Å². The van der Waals surface area contributed by atoms with Gasteiger partial charge in [0.2, 0.25) is 0 Å². The minimum atomic E-state index is -0.530. The van der Waals surface area contributed by atoms with Gasteiger partial charge < -0.3 is 14.5 Å². The number of carbonyl (C=O) groups is 2. The Morgan fingerprint density at radius 3 is 2.28 bits per heavy atom. The molecule has 1 aromatic heterocycles. The minimum absolute atomic E-state index is 0.188. The van der Waals surface area contributed by atoms with Crippen LogP contribution in [0.4, 0.5) is 5.69 Å². The fourth-order valence-electron chi connectivity index (χ4n) is 2.49. The van der Waals surface area contributed by atoms with Crippen LogP contribution in [0.2, 0.25) is 5.02 Å². The lowest BCUT2D eigenvalue weighted by Gasteiger charge is -2.07. The van der Waals surface area contributed by atoms with E-state index in [1.165, 1.54) is 19.2 Å². The monoisotopic (exact) mass is 363 g/mol. The first-order valence-electron chi connectivity index (χ1n) is 8.07. The lowest BCUT2D eigenvalue weighted by molar-refractivity contribution is 0.0601. The maximum atomic E-state index is 12.5. The van der Waals surface area contributed by atoms with Gasteiger partial charge in [0.05, 0.1) is 17.7 Å². The van der Waals surface area contributed by atoms with E-state index >= 15 is 0 Å². The van der Waals surface area contributed by atoms with Crippen LogP contribution in [0, 0.1) is 0 Å². The Morgan fingerprint density at radius 2 is 1.80 bits per heavy atom. The maximum absolute atomic E-state index is 12.5. The Hall–Kier alpha value is -2.27. The van der Waals surface area contributed by atoms with Gasteiger partial charge in [-0.1, -0.05) is 39.3 Å². The molecule has 0 spiro atoms. The highest BCUT2D eigenvalue weighted by atomic mass is 35.5. The summed E-state index contributed by atoms with van der Waals surface area (Å²) in [5.41, 5.74) is 1.74. The predicted molar refractivity (Wildman–Crippen MR) is 97.6 cm³/mol. The van der Waals surface area contributed by atoms with Gasteiger partial charge in [-0.15, -0.1) is 0 Å². The van der Waals surface area contributed by atoms with Crippen molar-refractivity contribution < 1.29 is 18.7 Å². The van der Waals surface area contributed by atoms with Crippen LogP contribution in [0.3, 0.4) is 0 Å². The fraction of sp³-hybridized carbons (Fsp3) is 0.368. The summed E-state index contributed by atoms with van der Waals surface area (Å²) in [4.78, 5) is 24.0. The van der Waals surface area contributed by atoms with E-state index in [1.54, 1.807) is 12.1 Å².